The predicted octanol–water partition coefficient (Wildman–Crippen LogP) is 4.48. The second-order valence-electron chi connectivity index (χ2n) is 4.36. The molecule has 1 heteroatoms. The lowest BCUT2D eigenvalue weighted by Crippen LogP contribution is -2.14. The Hall–Kier alpha value is -1.11. The number of hydrogen-bond acceptors (Lipinski definition) is 1. The molecule has 88 valence electrons. The molecule has 0 fully saturated rings. The summed E-state index contributed by atoms with van der Waals surface area (Å²) in [6.07, 6.45) is 5.48. The van der Waals surface area contributed by atoms with Crippen LogP contribution in [0.3, 0.4) is 0 Å². The zero-order valence-electron chi connectivity index (χ0n) is 10.4. The van der Waals surface area contributed by atoms with Gasteiger partial charge < -0.3 is 0 Å². The SMILES string of the molecule is CCCCC(CCC)C(=O)c1ccccc1. The van der Waals surface area contributed by atoms with Gasteiger partial charge >= 0.3 is 0 Å². The molecule has 0 spiro atoms. The fraction of sp³-hybridized carbons (Fsp3) is 0.533. The maximum Gasteiger partial charge on any atom is 0.165 e. The fourth-order valence-corrected chi connectivity index (χ4v) is 2.04. The summed E-state index contributed by atoms with van der Waals surface area (Å²) in [5, 5.41) is 0. The Morgan fingerprint density at radius 3 is 2.31 bits per heavy atom. The van der Waals surface area contributed by atoms with Crippen molar-refractivity contribution in [1.82, 2.24) is 0 Å². The van der Waals surface area contributed by atoms with Crippen LogP contribution in [-0.2, 0) is 0 Å². The number of rotatable bonds is 7. The van der Waals surface area contributed by atoms with Gasteiger partial charge in [0, 0.05) is 11.5 Å². The second kappa shape index (κ2) is 7.21. The summed E-state index contributed by atoms with van der Waals surface area (Å²) in [6, 6.07) is 9.69. The highest BCUT2D eigenvalue weighted by Crippen LogP contribution is 2.20. The van der Waals surface area contributed by atoms with Crippen molar-refractivity contribution in [3.05, 3.63) is 35.9 Å². The Kier molecular flexibility index (Phi) is 5.84. The van der Waals surface area contributed by atoms with Gasteiger partial charge in [-0.1, -0.05) is 63.4 Å². The Bertz CT molecular complexity index is 302. The van der Waals surface area contributed by atoms with Crippen molar-refractivity contribution in [2.45, 2.75) is 46.0 Å². The smallest absolute Gasteiger partial charge is 0.165 e. The van der Waals surface area contributed by atoms with E-state index in [2.05, 4.69) is 13.8 Å². The second-order valence-corrected chi connectivity index (χ2v) is 4.36. The van der Waals surface area contributed by atoms with E-state index in [1.165, 1.54) is 6.42 Å². The number of hydrogen-bond donors (Lipinski definition) is 0. The molecule has 1 nitrogen and oxygen atoms in total. The molecule has 0 aliphatic carbocycles. The van der Waals surface area contributed by atoms with Crippen LogP contribution in [0, 0.1) is 5.92 Å². The number of unbranched alkanes of at least 4 members (excludes halogenated alkanes) is 1. The van der Waals surface area contributed by atoms with E-state index in [4.69, 9.17) is 0 Å². The summed E-state index contributed by atoms with van der Waals surface area (Å²) >= 11 is 0. The maximum absolute atomic E-state index is 12.2. The summed E-state index contributed by atoms with van der Waals surface area (Å²) < 4.78 is 0. The van der Waals surface area contributed by atoms with Crippen LogP contribution in [0.15, 0.2) is 30.3 Å². The van der Waals surface area contributed by atoms with Crippen molar-refractivity contribution in [2.24, 2.45) is 5.92 Å². The molecular formula is C15H22O. The highest BCUT2D eigenvalue weighted by molar-refractivity contribution is 5.97. The molecule has 0 heterocycles. The molecule has 0 saturated heterocycles. The topological polar surface area (TPSA) is 17.1 Å². The van der Waals surface area contributed by atoms with E-state index < -0.39 is 0 Å². The lowest BCUT2D eigenvalue weighted by Gasteiger charge is -2.14. The van der Waals surface area contributed by atoms with E-state index in [0.29, 0.717) is 5.78 Å². The summed E-state index contributed by atoms with van der Waals surface area (Å²) in [4.78, 5) is 12.2. The fourth-order valence-electron chi connectivity index (χ4n) is 2.04. The van der Waals surface area contributed by atoms with E-state index in [1.54, 1.807) is 0 Å². The van der Waals surface area contributed by atoms with Gasteiger partial charge in [0.1, 0.15) is 0 Å². The largest absolute Gasteiger partial charge is 0.294 e. The van der Waals surface area contributed by atoms with Crippen molar-refractivity contribution >= 4 is 5.78 Å². The first-order chi connectivity index (χ1) is 7.79. The number of benzene rings is 1. The Morgan fingerprint density at radius 1 is 1.06 bits per heavy atom. The van der Waals surface area contributed by atoms with Gasteiger partial charge in [0.15, 0.2) is 5.78 Å². The zero-order chi connectivity index (χ0) is 11.8. The van der Waals surface area contributed by atoms with Gasteiger partial charge in [0.05, 0.1) is 0 Å². The molecule has 1 aromatic rings. The molecule has 0 aromatic heterocycles. The van der Waals surface area contributed by atoms with Gasteiger partial charge in [-0.05, 0) is 12.8 Å². The molecule has 16 heavy (non-hydrogen) atoms. The van der Waals surface area contributed by atoms with E-state index in [1.807, 2.05) is 30.3 Å². The molecule has 0 radical (unpaired) electrons. The molecule has 1 rings (SSSR count). The van der Waals surface area contributed by atoms with Crippen LogP contribution in [0.25, 0.3) is 0 Å². The van der Waals surface area contributed by atoms with E-state index in [-0.39, 0.29) is 5.92 Å². The van der Waals surface area contributed by atoms with Gasteiger partial charge in [-0.3, -0.25) is 4.79 Å². The van der Waals surface area contributed by atoms with Gasteiger partial charge in [-0.25, -0.2) is 0 Å². The van der Waals surface area contributed by atoms with Crippen LogP contribution in [0.2, 0.25) is 0 Å². The molecule has 0 saturated carbocycles. The average Bonchev–Trinajstić information content (AvgIpc) is 2.35. The normalized spacial score (nSPS) is 12.4. The minimum absolute atomic E-state index is 0.229. The monoisotopic (exact) mass is 218 g/mol. The van der Waals surface area contributed by atoms with Crippen molar-refractivity contribution in [3.63, 3.8) is 0 Å². The molecule has 1 unspecified atom stereocenters. The Balaban J connectivity index is 2.67. The van der Waals surface area contributed by atoms with Crippen LogP contribution < -0.4 is 0 Å². The molecule has 0 aliphatic heterocycles. The average molecular weight is 218 g/mol. The first kappa shape index (κ1) is 13.0. The number of carbonyl (C=O) groups excluding carboxylic acids is 1. The third-order valence-corrected chi connectivity index (χ3v) is 2.97. The van der Waals surface area contributed by atoms with Gasteiger partial charge in [-0.2, -0.15) is 0 Å². The summed E-state index contributed by atoms with van der Waals surface area (Å²) in [5.74, 6) is 0.559. The minimum Gasteiger partial charge on any atom is -0.294 e. The Labute approximate surface area is 98.9 Å². The Morgan fingerprint density at radius 2 is 1.75 bits per heavy atom. The molecule has 0 bridgehead atoms. The number of ketones is 1. The quantitative estimate of drug-likeness (QED) is 0.617. The van der Waals surface area contributed by atoms with E-state index in [0.717, 1.165) is 31.2 Å². The van der Waals surface area contributed by atoms with Crippen LogP contribution in [0.1, 0.15) is 56.3 Å². The number of Topliss-reactive ketones (excluding diaryl/α,β-unsaturated/α-hetero) is 1. The highest BCUT2D eigenvalue weighted by Gasteiger charge is 2.18. The van der Waals surface area contributed by atoms with Crippen molar-refractivity contribution in [1.29, 1.82) is 0 Å². The highest BCUT2D eigenvalue weighted by atomic mass is 16.1. The first-order valence-corrected chi connectivity index (χ1v) is 6.38. The van der Waals surface area contributed by atoms with Crippen LogP contribution in [0.4, 0.5) is 0 Å². The van der Waals surface area contributed by atoms with Crippen LogP contribution in [-0.4, -0.2) is 5.78 Å². The molecular weight excluding hydrogens is 196 g/mol. The minimum atomic E-state index is 0.229. The molecule has 0 N–H and O–H groups in total. The lowest BCUT2D eigenvalue weighted by atomic mass is 9.89. The van der Waals surface area contributed by atoms with Gasteiger partial charge in [0.25, 0.3) is 0 Å². The molecule has 0 aliphatic rings. The van der Waals surface area contributed by atoms with Gasteiger partial charge in [0.2, 0.25) is 0 Å². The van der Waals surface area contributed by atoms with Gasteiger partial charge in [-0.15, -0.1) is 0 Å². The lowest BCUT2D eigenvalue weighted by molar-refractivity contribution is 0.0904. The first-order valence-electron chi connectivity index (χ1n) is 6.38. The third-order valence-electron chi connectivity index (χ3n) is 2.97. The molecule has 0 amide bonds. The predicted molar refractivity (Wildman–Crippen MR) is 68.7 cm³/mol. The number of carbonyl (C=O) groups is 1. The van der Waals surface area contributed by atoms with E-state index >= 15 is 0 Å². The molecule has 1 atom stereocenters. The van der Waals surface area contributed by atoms with Crippen molar-refractivity contribution in [2.75, 3.05) is 0 Å². The molecule has 1 aromatic carbocycles. The zero-order valence-corrected chi connectivity index (χ0v) is 10.4. The van der Waals surface area contributed by atoms with Crippen LogP contribution in [0.5, 0.6) is 0 Å². The summed E-state index contributed by atoms with van der Waals surface area (Å²) in [5.41, 5.74) is 0.872. The third kappa shape index (κ3) is 3.80. The maximum atomic E-state index is 12.2. The van der Waals surface area contributed by atoms with Crippen LogP contribution >= 0.6 is 0 Å². The standard InChI is InChI=1S/C15H22O/c1-3-5-10-13(9-4-2)15(16)14-11-7-6-8-12-14/h6-8,11-13H,3-5,9-10H2,1-2H3. The van der Waals surface area contributed by atoms with Crippen molar-refractivity contribution < 1.29 is 4.79 Å². The summed E-state index contributed by atoms with van der Waals surface area (Å²) in [6.45, 7) is 4.33. The van der Waals surface area contributed by atoms with E-state index in [9.17, 15) is 4.79 Å². The summed E-state index contributed by atoms with van der Waals surface area (Å²) in [7, 11) is 0. The van der Waals surface area contributed by atoms with Crippen molar-refractivity contribution in [3.8, 4) is 0 Å².